The molecule has 0 unspecified atom stereocenters. The Hall–Kier alpha value is -2.73. The zero-order valence-corrected chi connectivity index (χ0v) is 12.8. The summed E-state index contributed by atoms with van der Waals surface area (Å²) >= 11 is 1.31. The molecule has 1 aromatic carbocycles. The highest BCUT2D eigenvalue weighted by atomic mass is 32.1. The Kier molecular flexibility index (Phi) is 4.63. The number of halogens is 1. The molecule has 1 N–H and O–H groups in total. The number of nitrogens with one attached hydrogen (secondary N) is 1. The van der Waals surface area contributed by atoms with Gasteiger partial charge in [-0.3, -0.25) is 9.78 Å². The van der Waals surface area contributed by atoms with E-state index < -0.39 is 5.82 Å². The first-order chi connectivity index (χ1) is 11.2. The second-order valence-corrected chi connectivity index (χ2v) is 5.64. The van der Waals surface area contributed by atoms with Crippen LogP contribution < -0.4 is 10.1 Å². The van der Waals surface area contributed by atoms with Crippen molar-refractivity contribution >= 4 is 22.9 Å². The first-order valence-corrected chi connectivity index (χ1v) is 7.76. The normalized spacial score (nSPS) is 10.3. The third kappa shape index (κ3) is 3.92. The van der Waals surface area contributed by atoms with Crippen LogP contribution in [0.4, 0.5) is 10.1 Å². The van der Waals surface area contributed by atoms with Gasteiger partial charge in [0.1, 0.15) is 6.61 Å². The van der Waals surface area contributed by atoms with Crippen LogP contribution in [0.5, 0.6) is 5.75 Å². The average Bonchev–Trinajstić information content (AvgIpc) is 3.04. The lowest BCUT2D eigenvalue weighted by Crippen LogP contribution is -2.10. The number of rotatable bonds is 5. The molecule has 2 heterocycles. The fourth-order valence-electron chi connectivity index (χ4n) is 1.92. The smallest absolute Gasteiger partial charge is 0.265 e. The number of hydrogen-bond donors (Lipinski definition) is 1. The Labute approximate surface area is 136 Å². The van der Waals surface area contributed by atoms with Crippen molar-refractivity contribution in [2.75, 3.05) is 5.32 Å². The van der Waals surface area contributed by atoms with Crippen molar-refractivity contribution in [1.82, 2.24) is 4.98 Å². The Morgan fingerprint density at radius 1 is 1.22 bits per heavy atom. The summed E-state index contributed by atoms with van der Waals surface area (Å²) in [5, 5.41) is 4.61. The summed E-state index contributed by atoms with van der Waals surface area (Å²) in [7, 11) is 0. The van der Waals surface area contributed by atoms with Gasteiger partial charge in [-0.25, -0.2) is 4.39 Å². The van der Waals surface area contributed by atoms with E-state index in [0.717, 1.165) is 5.56 Å². The number of thiophene rings is 1. The van der Waals surface area contributed by atoms with E-state index >= 15 is 0 Å². The highest BCUT2D eigenvalue weighted by molar-refractivity contribution is 7.12. The second-order valence-electron chi connectivity index (χ2n) is 4.73. The van der Waals surface area contributed by atoms with Gasteiger partial charge in [0.05, 0.1) is 4.88 Å². The molecule has 0 atom stereocenters. The summed E-state index contributed by atoms with van der Waals surface area (Å²) in [5.41, 5.74) is 1.50. The van der Waals surface area contributed by atoms with Gasteiger partial charge in [0.2, 0.25) is 0 Å². The third-order valence-electron chi connectivity index (χ3n) is 3.05. The van der Waals surface area contributed by atoms with E-state index in [1.54, 1.807) is 48.8 Å². The standard InChI is InChI=1S/C17H13FN2O2S/c18-14-3-1-2-4-15(14)22-10-12-9-16(23-11-12)17(21)20-13-5-7-19-8-6-13/h1-9,11H,10H2,(H,19,20,21). The molecule has 0 aliphatic heterocycles. The van der Waals surface area contributed by atoms with Gasteiger partial charge in [0.25, 0.3) is 5.91 Å². The van der Waals surface area contributed by atoms with Crippen LogP contribution in [0.1, 0.15) is 15.2 Å². The van der Waals surface area contributed by atoms with Crippen LogP contribution in [0.2, 0.25) is 0 Å². The maximum atomic E-state index is 13.5. The molecule has 0 bridgehead atoms. The van der Waals surface area contributed by atoms with Crippen molar-refractivity contribution in [2.24, 2.45) is 0 Å². The molecule has 116 valence electrons. The van der Waals surface area contributed by atoms with Gasteiger partial charge in [-0.1, -0.05) is 12.1 Å². The van der Waals surface area contributed by atoms with Gasteiger partial charge in [-0.2, -0.15) is 0 Å². The van der Waals surface area contributed by atoms with Gasteiger partial charge in [0, 0.05) is 23.6 Å². The molecule has 0 aliphatic rings. The maximum absolute atomic E-state index is 13.5. The van der Waals surface area contributed by atoms with E-state index in [0.29, 0.717) is 10.6 Å². The van der Waals surface area contributed by atoms with E-state index in [1.165, 1.54) is 17.4 Å². The van der Waals surface area contributed by atoms with Crippen molar-refractivity contribution in [1.29, 1.82) is 0 Å². The summed E-state index contributed by atoms with van der Waals surface area (Å²) < 4.78 is 18.9. The highest BCUT2D eigenvalue weighted by Crippen LogP contribution is 2.20. The van der Waals surface area contributed by atoms with Crippen LogP contribution >= 0.6 is 11.3 Å². The average molecular weight is 328 g/mol. The molecule has 0 aliphatic carbocycles. The molecule has 0 spiro atoms. The number of para-hydroxylation sites is 1. The van der Waals surface area contributed by atoms with E-state index in [1.807, 2.05) is 5.38 Å². The molecular weight excluding hydrogens is 315 g/mol. The quantitative estimate of drug-likeness (QED) is 0.767. The predicted molar refractivity (Wildman–Crippen MR) is 87.2 cm³/mol. The van der Waals surface area contributed by atoms with E-state index in [4.69, 9.17) is 4.74 Å². The van der Waals surface area contributed by atoms with Gasteiger partial charge < -0.3 is 10.1 Å². The van der Waals surface area contributed by atoms with E-state index in [9.17, 15) is 9.18 Å². The number of anilines is 1. The fraction of sp³-hybridized carbons (Fsp3) is 0.0588. The molecule has 6 heteroatoms. The number of hydrogen-bond acceptors (Lipinski definition) is 4. The molecule has 3 aromatic rings. The molecule has 23 heavy (non-hydrogen) atoms. The molecule has 2 aromatic heterocycles. The molecule has 4 nitrogen and oxygen atoms in total. The Bertz CT molecular complexity index is 805. The summed E-state index contributed by atoms with van der Waals surface area (Å²) in [6.45, 7) is 0.208. The first kappa shape index (κ1) is 15.2. The second kappa shape index (κ2) is 7.02. The van der Waals surface area contributed by atoms with Crippen molar-refractivity contribution in [3.05, 3.63) is 76.5 Å². The third-order valence-corrected chi connectivity index (χ3v) is 4.02. The van der Waals surface area contributed by atoms with E-state index in [2.05, 4.69) is 10.3 Å². The van der Waals surface area contributed by atoms with Crippen molar-refractivity contribution < 1.29 is 13.9 Å². The summed E-state index contributed by atoms with van der Waals surface area (Å²) in [6.07, 6.45) is 3.22. The molecule has 0 radical (unpaired) electrons. The summed E-state index contributed by atoms with van der Waals surface area (Å²) in [4.78, 5) is 16.6. The van der Waals surface area contributed by atoms with Crippen molar-refractivity contribution in [3.8, 4) is 5.75 Å². The number of carbonyl (C=O) groups excluding carboxylic acids is 1. The zero-order chi connectivity index (χ0) is 16.1. The monoisotopic (exact) mass is 328 g/mol. The van der Waals surface area contributed by atoms with Crippen LogP contribution in [0.25, 0.3) is 0 Å². The Morgan fingerprint density at radius 3 is 2.78 bits per heavy atom. The molecule has 1 amide bonds. The van der Waals surface area contributed by atoms with Crippen molar-refractivity contribution in [2.45, 2.75) is 6.61 Å². The number of amides is 1. The maximum Gasteiger partial charge on any atom is 0.265 e. The fourth-order valence-corrected chi connectivity index (χ4v) is 2.71. The van der Waals surface area contributed by atoms with Gasteiger partial charge >= 0.3 is 0 Å². The molecule has 3 rings (SSSR count). The number of aromatic nitrogens is 1. The summed E-state index contributed by atoms with van der Waals surface area (Å²) in [5.74, 6) is -0.404. The lowest BCUT2D eigenvalue weighted by Gasteiger charge is -2.05. The molecule has 0 saturated heterocycles. The minimum absolute atomic E-state index is 0.196. The molecule has 0 fully saturated rings. The minimum atomic E-state index is -0.404. The van der Waals surface area contributed by atoms with Crippen LogP contribution in [-0.2, 0) is 6.61 Å². The van der Waals surface area contributed by atoms with Crippen LogP contribution in [0, 0.1) is 5.82 Å². The number of pyridine rings is 1. The van der Waals surface area contributed by atoms with Gasteiger partial charge in [0.15, 0.2) is 11.6 Å². The topological polar surface area (TPSA) is 51.2 Å². The van der Waals surface area contributed by atoms with Crippen LogP contribution in [0.3, 0.4) is 0 Å². The van der Waals surface area contributed by atoms with Gasteiger partial charge in [-0.05, 0) is 35.7 Å². The number of nitrogens with zero attached hydrogens (tertiary/aromatic N) is 1. The van der Waals surface area contributed by atoms with Crippen LogP contribution in [-0.4, -0.2) is 10.9 Å². The first-order valence-electron chi connectivity index (χ1n) is 6.88. The number of ether oxygens (including phenoxy) is 1. The predicted octanol–water partition coefficient (Wildman–Crippen LogP) is 4.11. The lowest BCUT2D eigenvalue weighted by molar-refractivity contribution is 0.103. The van der Waals surface area contributed by atoms with Crippen LogP contribution in [0.15, 0.2) is 60.2 Å². The molecular formula is C17H13FN2O2S. The largest absolute Gasteiger partial charge is 0.486 e. The summed E-state index contributed by atoms with van der Waals surface area (Å²) in [6, 6.07) is 11.4. The highest BCUT2D eigenvalue weighted by Gasteiger charge is 2.10. The zero-order valence-electron chi connectivity index (χ0n) is 12.0. The molecule has 0 saturated carbocycles. The Balaban J connectivity index is 1.62. The minimum Gasteiger partial charge on any atom is -0.486 e. The Morgan fingerprint density at radius 2 is 2.00 bits per heavy atom. The SMILES string of the molecule is O=C(Nc1ccncc1)c1cc(COc2ccccc2F)cs1. The van der Waals surface area contributed by atoms with Gasteiger partial charge in [-0.15, -0.1) is 11.3 Å². The number of carbonyl (C=O) groups is 1. The van der Waals surface area contributed by atoms with E-state index in [-0.39, 0.29) is 18.3 Å². The van der Waals surface area contributed by atoms with Crippen molar-refractivity contribution in [3.63, 3.8) is 0 Å². The lowest BCUT2D eigenvalue weighted by atomic mass is 10.3. The number of benzene rings is 1.